The van der Waals surface area contributed by atoms with Gasteiger partial charge < -0.3 is 14.4 Å². The van der Waals surface area contributed by atoms with E-state index >= 15 is 0 Å². The minimum atomic E-state index is -0.492. The summed E-state index contributed by atoms with van der Waals surface area (Å²) in [6.45, 7) is 1.69. The zero-order chi connectivity index (χ0) is 12.4. The van der Waals surface area contributed by atoms with E-state index in [1.165, 1.54) is 25.5 Å². The fraction of sp³-hybridized carbons (Fsp3) is 0.182. The maximum absolute atomic E-state index is 11.4. The molecular formula is C11H10N2O4. The highest BCUT2D eigenvalue weighted by atomic mass is 16.5. The molecule has 0 saturated heterocycles. The number of benzene rings is 1. The molecule has 0 spiro atoms. The van der Waals surface area contributed by atoms with Crippen LogP contribution in [-0.4, -0.2) is 29.5 Å². The lowest BCUT2D eigenvalue weighted by atomic mass is 10.1. The fourth-order valence-electron chi connectivity index (χ4n) is 1.56. The number of carbonyl (C=O) groups is 1. The zero-order valence-corrected chi connectivity index (χ0v) is 9.30. The number of hydrogen-bond acceptors (Lipinski definition) is 6. The molecule has 1 N–H and O–H groups in total. The third-order valence-electron chi connectivity index (χ3n) is 2.25. The molecule has 6 nitrogen and oxygen atoms in total. The Morgan fingerprint density at radius 1 is 1.59 bits per heavy atom. The molecule has 88 valence electrons. The molecular weight excluding hydrogens is 224 g/mol. The minimum absolute atomic E-state index is 0.311. The monoisotopic (exact) mass is 234 g/mol. The van der Waals surface area contributed by atoms with Gasteiger partial charge in [0.15, 0.2) is 11.5 Å². The normalized spacial score (nSPS) is 11.2. The standard InChI is InChI=1S/C11H10N2O4/c1-6-13-10-8(5-12-15)3-7(11(14)16-2)4-9(10)17-6/h3-5,15H,1-2H3/b12-5+. The van der Waals surface area contributed by atoms with Crippen LogP contribution in [0.2, 0.25) is 0 Å². The Kier molecular flexibility index (Phi) is 2.78. The first-order valence-electron chi connectivity index (χ1n) is 4.82. The molecule has 0 aliphatic rings. The Hall–Kier alpha value is -2.37. The van der Waals surface area contributed by atoms with Gasteiger partial charge in [-0.25, -0.2) is 9.78 Å². The number of fused-ring (bicyclic) bond motifs is 1. The van der Waals surface area contributed by atoms with Gasteiger partial charge in [0.25, 0.3) is 0 Å². The molecule has 2 rings (SSSR count). The van der Waals surface area contributed by atoms with E-state index in [2.05, 4.69) is 14.9 Å². The lowest BCUT2D eigenvalue weighted by molar-refractivity contribution is 0.0600. The number of nitrogens with zero attached hydrogens (tertiary/aromatic N) is 2. The summed E-state index contributed by atoms with van der Waals surface area (Å²) in [5.74, 6) is -0.0249. The Balaban J connectivity index is 2.70. The average molecular weight is 234 g/mol. The molecule has 0 aliphatic carbocycles. The molecule has 1 heterocycles. The summed E-state index contributed by atoms with van der Waals surface area (Å²) >= 11 is 0. The van der Waals surface area contributed by atoms with Gasteiger partial charge in [0.1, 0.15) is 5.52 Å². The van der Waals surface area contributed by atoms with Gasteiger partial charge in [0.05, 0.1) is 18.9 Å². The third kappa shape index (κ3) is 1.96. The molecule has 1 aromatic heterocycles. The van der Waals surface area contributed by atoms with E-state index in [1.807, 2.05) is 0 Å². The van der Waals surface area contributed by atoms with Crippen LogP contribution in [0.5, 0.6) is 0 Å². The highest BCUT2D eigenvalue weighted by Crippen LogP contribution is 2.21. The summed E-state index contributed by atoms with van der Waals surface area (Å²) in [6, 6.07) is 3.06. The van der Waals surface area contributed by atoms with Crippen LogP contribution in [0.4, 0.5) is 0 Å². The van der Waals surface area contributed by atoms with Crippen LogP contribution >= 0.6 is 0 Å². The van der Waals surface area contributed by atoms with Crippen LogP contribution in [0.1, 0.15) is 21.8 Å². The number of oxazole rings is 1. The molecule has 0 amide bonds. The van der Waals surface area contributed by atoms with E-state index in [4.69, 9.17) is 9.62 Å². The van der Waals surface area contributed by atoms with Crippen LogP contribution in [-0.2, 0) is 4.74 Å². The molecule has 1 aromatic carbocycles. The second-order valence-corrected chi connectivity index (χ2v) is 3.38. The Bertz CT molecular complexity index is 601. The number of methoxy groups -OCH3 is 1. The lowest BCUT2D eigenvalue weighted by Crippen LogP contribution is -2.02. The highest BCUT2D eigenvalue weighted by molar-refractivity contribution is 6.01. The zero-order valence-electron chi connectivity index (χ0n) is 9.30. The van der Waals surface area contributed by atoms with Crippen LogP contribution in [0.3, 0.4) is 0 Å². The van der Waals surface area contributed by atoms with E-state index in [9.17, 15) is 4.79 Å². The highest BCUT2D eigenvalue weighted by Gasteiger charge is 2.13. The van der Waals surface area contributed by atoms with Gasteiger partial charge in [-0.15, -0.1) is 0 Å². The molecule has 6 heteroatoms. The minimum Gasteiger partial charge on any atom is -0.465 e. The molecule has 0 bridgehead atoms. The van der Waals surface area contributed by atoms with Crippen LogP contribution < -0.4 is 0 Å². The predicted molar refractivity (Wildman–Crippen MR) is 59.5 cm³/mol. The van der Waals surface area contributed by atoms with Crippen LogP contribution in [0.15, 0.2) is 21.7 Å². The maximum atomic E-state index is 11.4. The van der Waals surface area contributed by atoms with Gasteiger partial charge in [-0.3, -0.25) is 0 Å². The van der Waals surface area contributed by atoms with Crippen molar-refractivity contribution in [2.45, 2.75) is 6.92 Å². The largest absolute Gasteiger partial charge is 0.465 e. The number of ether oxygens (including phenoxy) is 1. The smallest absolute Gasteiger partial charge is 0.338 e. The molecule has 0 saturated carbocycles. The third-order valence-corrected chi connectivity index (χ3v) is 2.25. The molecule has 0 aliphatic heterocycles. The van der Waals surface area contributed by atoms with E-state index in [1.54, 1.807) is 6.92 Å². The van der Waals surface area contributed by atoms with Gasteiger partial charge in [0.2, 0.25) is 0 Å². The number of oxime groups is 1. The predicted octanol–water partition coefficient (Wildman–Crippen LogP) is 1.73. The van der Waals surface area contributed by atoms with Gasteiger partial charge in [-0.2, -0.15) is 0 Å². The van der Waals surface area contributed by atoms with Crippen molar-refractivity contribution in [3.8, 4) is 0 Å². The molecule has 0 unspecified atom stereocenters. The van der Waals surface area contributed by atoms with Crippen LogP contribution in [0.25, 0.3) is 11.1 Å². The van der Waals surface area contributed by atoms with Crippen molar-refractivity contribution in [3.05, 3.63) is 29.2 Å². The lowest BCUT2D eigenvalue weighted by Gasteiger charge is -2.00. The summed E-state index contributed by atoms with van der Waals surface area (Å²) in [5.41, 5.74) is 1.78. The Labute approximate surface area is 96.5 Å². The van der Waals surface area contributed by atoms with Gasteiger partial charge >= 0.3 is 5.97 Å². The maximum Gasteiger partial charge on any atom is 0.338 e. The molecule has 17 heavy (non-hydrogen) atoms. The first-order valence-corrected chi connectivity index (χ1v) is 4.82. The SMILES string of the molecule is COC(=O)c1cc(/C=N/O)c2nc(C)oc2c1. The van der Waals surface area contributed by atoms with Gasteiger partial charge in [-0.1, -0.05) is 5.16 Å². The molecule has 0 fully saturated rings. The van der Waals surface area contributed by atoms with E-state index in [0.29, 0.717) is 28.1 Å². The van der Waals surface area contributed by atoms with Crippen molar-refractivity contribution >= 4 is 23.3 Å². The van der Waals surface area contributed by atoms with Gasteiger partial charge in [0, 0.05) is 12.5 Å². The molecule has 2 aromatic rings. The van der Waals surface area contributed by atoms with E-state index in [0.717, 1.165) is 0 Å². The number of esters is 1. The summed E-state index contributed by atoms with van der Waals surface area (Å²) in [7, 11) is 1.29. The van der Waals surface area contributed by atoms with Crippen molar-refractivity contribution in [1.29, 1.82) is 0 Å². The van der Waals surface area contributed by atoms with Crippen molar-refractivity contribution in [2.75, 3.05) is 7.11 Å². The first kappa shape index (κ1) is 11.1. The Morgan fingerprint density at radius 2 is 2.35 bits per heavy atom. The molecule has 0 radical (unpaired) electrons. The summed E-state index contributed by atoms with van der Waals surface area (Å²) in [5, 5.41) is 11.5. The second-order valence-electron chi connectivity index (χ2n) is 3.38. The van der Waals surface area contributed by atoms with Crippen molar-refractivity contribution in [1.82, 2.24) is 4.98 Å². The average Bonchev–Trinajstić information content (AvgIpc) is 2.69. The summed E-state index contributed by atoms with van der Waals surface area (Å²) < 4.78 is 9.95. The van der Waals surface area contributed by atoms with Crippen LogP contribution in [0, 0.1) is 6.92 Å². The topological polar surface area (TPSA) is 84.9 Å². The number of aryl methyl sites for hydroxylation is 1. The fourth-order valence-corrected chi connectivity index (χ4v) is 1.56. The number of aromatic nitrogens is 1. The van der Waals surface area contributed by atoms with Crippen molar-refractivity contribution < 1.29 is 19.2 Å². The Morgan fingerprint density at radius 3 is 3.00 bits per heavy atom. The van der Waals surface area contributed by atoms with Crippen molar-refractivity contribution in [3.63, 3.8) is 0 Å². The first-order chi connectivity index (χ1) is 8.15. The number of hydrogen-bond donors (Lipinski definition) is 1. The van der Waals surface area contributed by atoms with E-state index in [-0.39, 0.29) is 0 Å². The molecule has 0 atom stereocenters. The van der Waals surface area contributed by atoms with E-state index < -0.39 is 5.97 Å². The quantitative estimate of drug-likeness (QED) is 0.370. The van der Waals surface area contributed by atoms with Crippen molar-refractivity contribution in [2.24, 2.45) is 5.16 Å². The number of rotatable bonds is 2. The second kappa shape index (κ2) is 4.25. The summed E-state index contributed by atoms with van der Waals surface area (Å²) in [4.78, 5) is 15.6. The number of carbonyl (C=O) groups excluding carboxylic acids is 1. The van der Waals surface area contributed by atoms with Gasteiger partial charge in [-0.05, 0) is 12.1 Å². The summed E-state index contributed by atoms with van der Waals surface area (Å²) in [6.07, 6.45) is 1.19.